The fraction of sp³-hybridized carbons (Fsp3) is 0.467. The van der Waals surface area contributed by atoms with Gasteiger partial charge in [0.2, 0.25) is 0 Å². The van der Waals surface area contributed by atoms with Crippen LogP contribution in [0.1, 0.15) is 91.7 Å². The lowest BCUT2D eigenvalue weighted by Crippen LogP contribution is -2.14. The minimum atomic E-state index is 0. The van der Waals surface area contributed by atoms with E-state index in [9.17, 15) is 0 Å². The molecule has 164 valence electrons. The first-order valence-electron chi connectivity index (χ1n) is 11.2. The smallest absolute Gasteiger partial charge is 0.0671 e. The first kappa shape index (κ1) is 27.7. The lowest BCUT2D eigenvalue weighted by molar-refractivity contribution is 0.593. The molecule has 2 unspecified atom stereocenters. The number of hydrogen-bond donors (Lipinski definition) is 0. The van der Waals surface area contributed by atoms with E-state index in [0.717, 1.165) is 25.2 Å². The van der Waals surface area contributed by atoms with Crippen molar-refractivity contribution < 1.29 is 0 Å². The highest BCUT2D eigenvalue weighted by molar-refractivity contribution is 5.58. The molecular formula is C30H44. The number of terminal acetylenes is 1. The Kier molecular flexibility index (Phi) is 14.4. The summed E-state index contributed by atoms with van der Waals surface area (Å²) in [5.41, 5.74) is 5.17. The predicted octanol–water partition coefficient (Wildman–Crippen LogP) is 9.37. The van der Waals surface area contributed by atoms with E-state index in [1.807, 2.05) is 6.92 Å². The van der Waals surface area contributed by atoms with Gasteiger partial charge < -0.3 is 0 Å². The number of allylic oxidation sites excluding steroid dienone is 7. The van der Waals surface area contributed by atoms with Crippen molar-refractivity contribution in [2.24, 2.45) is 11.8 Å². The third-order valence-electron chi connectivity index (χ3n) is 5.38. The summed E-state index contributed by atoms with van der Waals surface area (Å²) in [6.45, 7) is 13.0. The van der Waals surface area contributed by atoms with Gasteiger partial charge in [-0.05, 0) is 61.6 Å². The van der Waals surface area contributed by atoms with Gasteiger partial charge in [-0.3, -0.25) is 0 Å². The highest BCUT2D eigenvalue weighted by Gasteiger charge is 2.25. The summed E-state index contributed by atoms with van der Waals surface area (Å²) in [6.07, 6.45) is 24.0. The van der Waals surface area contributed by atoms with E-state index in [1.165, 1.54) is 28.7 Å². The molecule has 1 aliphatic carbocycles. The Bertz CT molecular complexity index is 761. The van der Waals surface area contributed by atoms with E-state index in [0.29, 0.717) is 5.92 Å². The Labute approximate surface area is 187 Å². The number of hydrogen-bond acceptors (Lipinski definition) is 0. The maximum absolute atomic E-state index is 6.01. The quantitative estimate of drug-likeness (QED) is 0.313. The minimum absolute atomic E-state index is 0. The van der Waals surface area contributed by atoms with Crippen molar-refractivity contribution in [3.05, 3.63) is 76.9 Å². The van der Waals surface area contributed by atoms with Gasteiger partial charge in [0.15, 0.2) is 0 Å². The van der Waals surface area contributed by atoms with Crippen molar-refractivity contribution in [1.82, 2.24) is 0 Å². The van der Waals surface area contributed by atoms with Crippen LogP contribution >= 0.6 is 0 Å². The van der Waals surface area contributed by atoms with Gasteiger partial charge in [0.05, 0.1) is 5.92 Å². The SMILES string of the molecule is C.C#CC(C1=CC(C)=CCC1CC=CCC)c1ccccc1/C=C\C.CCC(C)C. The van der Waals surface area contributed by atoms with Gasteiger partial charge in [-0.2, -0.15) is 0 Å². The zero-order valence-electron chi connectivity index (χ0n) is 19.4. The molecule has 0 radical (unpaired) electrons. The van der Waals surface area contributed by atoms with Crippen LogP contribution in [0.15, 0.2) is 65.8 Å². The standard InChI is InChI=1S/C24H28.C5H12.CH4/c1-5-8-9-13-21-17-16-19(4)18-24(21)22(7-3)23-15-11-10-14-20(23)12-6-2;1-4-5(2)3;/h3,6,8-12,14-16,18,21-22H,5,13,17H2,1-2,4H3;5H,4H2,1-3H3;1H4/b9-8?,12-6-;;. The third-order valence-corrected chi connectivity index (χ3v) is 5.38. The molecule has 1 aromatic carbocycles. The average molecular weight is 405 g/mol. The molecule has 0 aromatic heterocycles. The molecule has 2 atom stereocenters. The Morgan fingerprint density at radius 1 is 1.17 bits per heavy atom. The summed E-state index contributed by atoms with van der Waals surface area (Å²) in [5.74, 6) is 4.50. The molecule has 0 amide bonds. The van der Waals surface area contributed by atoms with Crippen LogP contribution in [0, 0.1) is 24.2 Å². The van der Waals surface area contributed by atoms with Gasteiger partial charge in [-0.1, -0.05) is 114 Å². The summed E-state index contributed by atoms with van der Waals surface area (Å²) >= 11 is 0. The van der Waals surface area contributed by atoms with Crippen molar-refractivity contribution in [3.8, 4) is 12.3 Å². The van der Waals surface area contributed by atoms with E-state index in [2.05, 4.69) is 101 Å². The second kappa shape index (κ2) is 15.6. The fourth-order valence-electron chi connectivity index (χ4n) is 3.35. The Morgan fingerprint density at radius 3 is 2.40 bits per heavy atom. The fourth-order valence-corrected chi connectivity index (χ4v) is 3.35. The van der Waals surface area contributed by atoms with Crippen LogP contribution in [0.5, 0.6) is 0 Å². The molecule has 1 aromatic rings. The van der Waals surface area contributed by atoms with E-state index in [4.69, 9.17) is 6.42 Å². The van der Waals surface area contributed by atoms with Crippen LogP contribution in [0.25, 0.3) is 6.08 Å². The van der Waals surface area contributed by atoms with Gasteiger partial charge >= 0.3 is 0 Å². The number of rotatable bonds is 7. The first-order valence-corrected chi connectivity index (χ1v) is 11.2. The second-order valence-electron chi connectivity index (χ2n) is 8.17. The third kappa shape index (κ3) is 9.04. The first-order chi connectivity index (χ1) is 14.0. The molecule has 0 nitrogen and oxygen atoms in total. The molecule has 0 spiro atoms. The normalized spacial score (nSPS) is 16.9. The number of benzene rings is 1. The average Bonchev–Trinajstić information content (AvgIpc) is 2.72. The summed E-state index contributed by atoms with van der Waals surface area (Å²) in [7, 11) is 0. The van der Waals surface area contributed by atoms with Gasteiger partial charge in [0, 0.05) is 0 Å². The molecule has 0 saturated heterocycles. The Morgan fingerprint density at radius 2 is 1.83 bits per heavy atom. The zero-order chi connectivity index (χ0) is 21.6. The summed E-state index contributed by atoms with van der Waals surface area (Å²) in [6, 6.07) is 8.49. The van der Waals surface area contributed by atoms with Crippen molar-refractivity contribution in [2.75, 3.05) is 0 Å². The summed E-state index contributed by atoms with van der Waals surface area (Å²) < 4.78 is 0. The van der Waals surface area contributed by atoms with Crippen LogP contribution in [0.4, 0.5) is 0 Å². The molecule has 0 saturated carbocycles. The summed E-state index contributed by atoms with van der Waals surface area (Å²) in [4.78, 5) is 0. The summed E-state index contributed by atoms with van der Waals surface area (Å²) in [5, 5.41) is 0. The van der Waals surface area contributed by atoms with Crippen molar-refractivity contribution >= 4 is 6.08 Å². The minimum Gasteiger partial charge on any atom is -0.119 e. The van der Waals surface area contributed by atoms with Crippen molar-refractivity contribution in [2.45, 2.75) is 80.6 Å². The monoisotopic (exact) mass is 404 g/mol. The molecule has 0 heterocycles. The highest BCUT2D eigenvalue weighted by Crippen LogP contribution is 2.38. The van der Waals surface area contributed by atoms with Crippen LogP contribution in [0.2, 0.25) is 0 Å². The lowest BCUT2D eigenvalue weighted by atomic mass is 9.76. The van der Waals surface area contributed by atoms with Crippen LogP contribution in [-0.2, 0) is 0 Å². The van der Waals surface area contributed by atoms with E-state index < -0.39 is 0 Å². The molecular weight excluding hydrogens is 360 g/mol. The second-order valence-corrected chi connectivity index (χ2v) is 8.17. The molecule has 1 aliphatic rings. The predicted molar refractivity (Wildman–Crippen MR) is 139 cm³/mol. The Hall–Kier alpha value is -2.26. The van der Waals surface area contributed by atoms with Crippen molar-refractivity contribution in [3.63, 3.8) is 0 Å². The van der Waals surface area contributed by atoms with E-state index in [1.54, 1.807) is 0 Å². The van der Waals surface area contributed by atoms with Crippen molar-refractivity contribution in [1.29, 1.82) is 0 Å². The molecule has 2 rings (SSSR count). The Balaban J connectivity index is 0.00000125. The molecule has 0 aliphatic heterocycles. The largest absolute Gasteiger partial charge is 0.119 e. The molecule has 0 bridgehead atoms. The maximum atomic E-state index is 6.01. The van der Waals surface area contributed by atoms with Crippen LogP contribution in [-0.4, -0.2) is 0 Å². The highest BCUT2D eigenvalue weighted by atomic mass is 14.3. The van der Waals surface area contributed by atoms with Crippen LogP contribution < -0.4 is 0 Å². The van der Waals surface area contributed by atoms with Gasteiger partial charge in [-0.15, -0.1) is 6.42 Å². The van der Waals surface area contributed by atoms with Gasteiger partial charge in [-0.25, -0.2) is 0 Å². The van der Waals surface area contributed by atoms with Gasteiger partial charge in [0.25, 0.3) is 0 Å². The maximum Gasteiger partial charge on any atom is 0.0671 e. The van der Waals surface area contributed by atoms with Gasteiger partial charge in [0.1, 0.15) is 0 Å². The van der Waals surface area contributed by atoms with E-state index >= 15 is 0 Å². The molecule has 0 heteroatoms. The van der Waals surface area contributed by atoms with E-state index in [-0.39, 0.29) is 13.3 Å². The molecule has 0 N–H and O–H groups in total. The van der Waals surface area contributed by atoms with Crippen LogP contribution in [0.3, 0.4) is 0 Å². The molecule has 0 fully saturated rings. The lowest BCUT2D eigenvalue weighted by Gasteiger charge is -2.27. The zero-order valence-corrected chi connectivity index (χ0v) is 19.4. The topological polar surface area (TPSA) is 0 Å². The molecule has 30 heavy (non-hydrogen) atoms.